The van der Waals surface area contributed by atoms with Crippen LogP contribution in [0.2, 0.25) is 10.0 Å². The number of anilines is 2. The summed E-state index contributed by atoms with van der Waals surface area (Å²) in [6, 6.07) is 8.51. The Morgan fingerprint density at radius 2 is 1.37 bits per heavy atom. The van der Waals surface area contributed by atoms with Crippen LogP contribution in [0.25, 0.3) is 11.1 Å². The van der Waals surface area contributed by atoms with Crippen LogP contribution in [0.4, 0.5) is 24.5 Å². The summed E-state index contributed by atoms with van der Waals surface area (Å²) in [6.45, 7) is 5.81. The summed E-state index contributed by atoms with van der Waals surface area (Å²) < 4.78 is 87.4. The highest BCUT2D eigenvalue weighted by molar-refractivity contribution is 6.32. The highest BCUT2D eigenvalue weighted by Gasteiger charge is 2.53. The summed E-state index contributed by atoms with van der Waals surface area (Å²) in [6.07, 6.45) is -24.1. The second kappa shape index (κ2) is 40.5. The van der Waals surface area contributed by atoms with Gasteiger partial charge in [0.05, 0.1) is 46.9 Å². The Bertz CT molecular complexity index is 5510. The number of hydrogen-bond donors (Lipinski definition) is 20. The Balaban J connectivity index is 0.950. The predicted molar refractivity (Wildman–Crippen MR) is 457 cm³/mol. The molecule has 0 radical (unpaired) electrons. The number of rotatable bonds is 21. The zero-order valence-electron chi connectivity index (χ0n) is 71.3. The smallest absolute Gasteiger partial charge is 0.416 e. The fourth-order valence-corrected chi connectivity index (χ4v) is 16.5. The number of phenolic OH excluding ortho intramolecular Hbond substituents is 3. The van der Waals surface area contributed by atoms with Crippen LogP contribution in [0, 0.1) is 5.92 Å². The van der Waals surface area contributed by atoms with Gasteiger partial charge < -0.3 is 138 Å². The number of nitrogens with two attached hydrogens (primary N) is 1. The number of hydroxylamine groups is 1. The molecule has 0 aromatic heterocycles. The summed E-state index contributed by atoms with van der Waals surface area (Å²) in [7, 11) is 4.50. The van der Waals surface area contributed by atoms with E-state index in [-0.39, 0.29) is 65.5 Å². The molecule has 0 aliphatic carbocycles. The largest absolute Gasteiger partial charge is 0.508 e. The Hall–Kier alpha value is -11.8. The minimum Gasteiger partial charge on any atom is -0.508 e. The number of nitrogens with one attached hydrogen (secondary N) is 10. The van der Waals surface area contributed by atoms with Gasteiger partial charge in [-0.25, -0.2) is 10.3 Å². The van der Waals surface area contributed by atoms with E-state index in [2.05, 4.69) is 53.3 Å². The van der Waals surface area contributed by atoms with Crippen molar-refractivity contribution in [3.05, 3.63) is 176 Å². The third-order valence-electron chi connectivity index (χ3n) is 23.1. The van der Waals surface area contributed by atoms with Gasteiger partial charge in [-0.15, -0.1) is 0 Å². The van der Waals surface area contributed by atoms with Crippen molar-refractivity contribution in [2.45, 2.75) is 194 Å². The number of likely N-dealkylation sites (N-methyl/N-ethyl adjacent to an activating group) is 1. The molecule has 21 N–H and O–H groups in total. The van der Waals surface area contributed by atoms with E-state index >= 15 is 24.0 Å². The molecule has 9 amide bonds. The lowest BCUT2D eigenvalue weighted by atomic mass is 9.84. The predicted octanol–water partition coefficient (Wildman–Crippen LogP) is 4.76. The van der Waals surface area contributed by atoms with Crippen LogP contribution >= 0.6 is 23.2 Å². The van der Waals surface area contributed by atoms with E-state index in [0.29, 0.717) is 24.8 Å². The highest BCUT2D eigenvalue weighted by Crippen LogP contribution is 2.51. The number of amides is 9. The molecule has 38 nitrogen and oxygen atoms in total. The Labute approximate surface area is 756 Å². The molecule has 7 aromatic rings. The van der Waals surface area contributed by atoms with Gasteiger partial charge in [0.15, 0.2) is 30.2 Å². The monoisotopic (exact) mass is 1870 g/mol. The molecular formula is C88H99Cl2F3N12O26. The second-order valence-electron chi connectivity index (χ2n) is 33.3. The van der Waals surface area contributed by atoms with Crippen LogP contribution < -0.4 is 78.2 Å². The van der Waals surface area contributed by atoms with E-state index in [9.17, 15) is 78.3 Å². The lowest BCUT2D eigenvalue weighted by molar-refractivity contribution is -0.334. The third-order valence-corrected chi connectivity index (χ3v) is 23.7. The van der Waals surface area contributed by atoms with Crippen molar-refractivity contribution in [2.24, 2.45) is 11.7 Å². The van der Waals surface area contributed by atoms with E-state index in [0.717, 1.165) is 78.9 Å². The molecule has 0 saturated carbocycles. The maximum Gasteiger partial charge on any atom is 0.416 e. The molecule has 131 heavy (non-hydrogen) atoms. The zero-order valence-corrected chi connectivity index (χ0v) is 72.8. The first kappa shape index (κ1) is 96.8. The van der Waals surface area contributed by atoms with Crippen molar-refractivity contribution in [1.29, 1.82) is 0 Å². The number of carbonyl (C=O) groups excluding carboxylic acids is 9. The maximum absolute atomic E-state index is 16.4. The fourth-order valence-electron chi connectivity index (χ4n) is 16.1. The molecular weight excluding hydrogens is 1770 g/mol. The summed E-state index contributed by atoms with van der Waals surface area (Å²) in [4.78, 5) is 142. The molecule has 0 spiro atoms. The summed E-state index contributed by atoms with van der Waals surface area (Å²) >= 11 is 14.4. The van der Waals surface area contributed by atoms with Crippen LogP contribution in [0.5, 0.6) is 46.0 Å². The first-order valence-electron chi connectivity index (χ1n) is 41.6. The lowest BCUT2D eigenvalue weighted by Crippen LogP contribution is -2.65. The van der Waals surface area contributed by atoms with Gasteiger partial charge in [0.2, 0.25) is 53.4 Å². The number of nitrogens with zero attached hydrogens (tertiary/aromatic N) is 1. The number of fused-ring (bicyclic) bond motifs is 15. The number of halogens is 5. The molecule has 19 unspecified atom stereocenters. The van der Waals surface area contributed by atoms with Crippen LogP contribution in [0.15, 0.2) is 121 Å². The molecule has 3 fully saturated rings. The number of carbonyl (C=O) groups is 9. The molecule has 43 heteroatoms. The van der Waals surface area contributed by atoms with Gasteiger partial charge in [-0.05, 0) is 164 Å². The molecule has 702 valence electrons. The van der Waals surface area contributed by atoms with E-state index in [1.807, 2.05) is 0 Å². The van der Waals surface area contributed by atoms with Gasteiger partial charge in [0, 0.05) is 79.8 Å². The fraction of sp³-hybridized carbons (Fsp3) is 0.420. The van der Waals surface area contributed by atoms with Gasteiger partial charge >= 0.3 is 6.18 Å². The Morgan fingerprint density at radius 3 is 2.01 bits per heavy atom. The highest BCUT2D eigenvalue weighted by atomic mass is 35.5. The van der Waals surface area contributed by atoms with E-state index in [1.54, 1.807) is 32.9 Å². The number of aliphatic hydroxyl groups excluding tert-OH is 6. The van der Waals surface area contributed by atoms with Gasteiger partial charge in [-0.3, -0.25) is 43.2 Å². The minimum absolute atomic E-state index is 0.0758. The number of aromatic hydroxyl groups is 3. The van der Waals surface area contributed by atoms with Crippen molar-refractivity contribution < 1.29 is 140 Å². The Kier molecular flexibility index (Phi) is 29.9. The summed E-state index contributed by atoms with van der Waals surface area (Å²) in [5.41, 5.74) is 3.26. The zero-order chi connectivity index (χ0) is 94.7. The van der Waals surface area contributed by atoms with Crippen LogP contribution in [0.3, 0.4) is 0 Å². The average molecular weight is 1870 g/mol. The standard InChI is InChI=1S/C88H99Cl2F3N12O26/c1-37(2)21-53(95-5)79(117)102-69-71(111)41-15-18-57(51(89)26-41)126-59-28-43-29-60(75(59)130-86-76(74(114)73(113)61(36-106)128-86)129-64-34-87(4,77(115)38(3)125-64)96-35-39-11-10-12-46(22-39)97-78(116)44-23-45(88(91,92)93)30-47(24-44)105(6)7)127-58-19-16-42(27-52(58)90)72(112)70-84(122)101-68(85(123)104-131-63-13-8-9-20-124-63)50-31-48(107)32-56(109)65(50)49-25-40(14-17-55(49)108)66(81(119)103-70)100-82(120)67(43)99-80(118)54(33-62(94)110)98-83(69)121/h10-12,14-19,22-32,37-38,53-54,61,63-64,66-74,76-77,86,95-96,106-109,111-115H,8-9,13,20-21,33-36H2,1-7H3,(H2,94,110)(H,97,116)(H,98,121)(H,99,118)(H,100,120)(H,101,122)(H,102,117)(H,103,119)(H,104,123). The van der Waals surface area contributed by atoms with Gasteiger partial charge in [-0.1, -0.05) is 67.4 Å². The topological polar surface area (TPSA) is 559 Å². The van der Waals surface area contributed by atoms with Crippen LogP contribution in [-0.2, 0) is 74.9 Å². The van der Waals surface area contributed by atoms with E-state index in [4.69, 9.17) is 66.9 Å². The van der Waals surface area contributed by atoms with Gasteiger partial charge in [-0.2, -0.15) is 13.2 Å². The third kappa shape index (κ3) is 22.0. The maximum atomic E-state index is 16.4. The van der Waals surface area contributed by atoms with Crippen molar-refractivity contribution >= 4 is 87.7 Å². The van der Waals surface area contributed by atoms with Crippen LogP contribution in [0.1, 0.15) is 146 Å². The number of hydrogen-bond acceptors (Lipinski definition) is 29. The number of primary amides is 1. The summed E-state index contributed by atoms with van der Waals surface area (Å²) in [5, 5.41) is 130. The normalized spacial score (nSPS) is 26.7. The van der Waals surface area contributed by atoms with Gasteiger partial charge in [0.1, 0.15) is 95.5 Å². The number of phenols is 3. The molecule has 3 saturated heterocycles. The number of alkyl halides is 3. The first-order chi connectivity index (χ1) is 62.1. The first-order valence-corrected chi connectivity index (χ1v) is 42.4. The minimum atomic E-state index is -4.79. The number of ether oxygens (including phenoxy) is 7. The van der Waals surface area contributed by atoms with E-state index in [1.165, 1.54) is 63.3 Å². The van der Waals surface area contributed by atoms with Crippen LogP contribution in [-0.4, -0.2) is 219 Å². The van der Waals surface area contributed by atoms with Crippen molar-refractivity contribution in [3.63, 3.8) is 0 Å². The van der Waals surface area contributed by atoms with Crippen molar-refractivity contribution in [3.8, 4) is 57.1 Å². The average Bonchev–Trinajstić information content (AvgIpc) is 0.761. The number of aliphatic hydroxyl groups is 6. The molecule has 19 atom stereocenters. The van der Waals surface area contributed by atoms with Crippen molar-refractivity contribution in [1.82, 2.24) is 48.0 Å². The lowest BCUT2D eigenvalue weighted by Gasteiger charge is -2.48. The molecule has 11 bridgehead atoms. The van der Waals surface area contributed by atoms with Crippen molar-refractivity contribution in [2.75, 3.05) is 44.6 Å². The Morgan fingerprint density at radius 1 is 0.710 bits per heavy atom. The number of benzene rings is 7. The molecule has 8 aliphatic rings. The molecule has 15 rings (SSSR count). The van der Waals surface area contributed by atoms with Gasteiger partial charge in [0.25, 0.3) is 11.8 Å². The molecule has 8 heterocycles. The summed E-state index contributed by atoms with van der Waals surface area (Å²) in [5.74, 6) is -16.6. The SMILES string of the molecule is CNC(CC(C)C)C(=O)NC1C(=O)NC(CC(N)=O)C(=O)NC2C(=O)NC3C(=O)NC(C(=O)NC(C(=O)NOC4CCCCO4)c4cc(O)cc(O)c4-c4cc3ccc4O)C(O)c3ccc(c(Cl)c3)Oc3cc2cc(c3OC2OC(CO)C(O)C(O)C2OC2CC(C)(NCc3cccc(NC(=O)c4cc(N(C)C)cc(C(F)(F)F)c4)c3)C(O)C(C)O2)Oc2ccc(cc2Cl)C1O. The molecule has 8 aliphatic heterocycles. The second-order valence-corrected chi connectivity index (χ2v) is 34.2. The quantitative estimate of drug-likeness (QED) is 0.0431. The molecule has 7 aromatic carbocycles. The van der Waals surface area contributed by atoms with E-state index < -0.39 is 272 Å².